The molecular formula is C18H28N2O5. The number of ether oxygens (including phenoxy) is 2. The van der Waals surface area contributed by atoms with Gasteiger partial charge in [-0.15, -0.1) is 0 Å². The number of hydrogen-bond acceptors (Lipinski definition) is 5. The lowest BCUT2D eigenvalue weighted by molar-refractivity contribution is -0.135. The van der Waals surface area contributed by atoms with E-state index < -0.39 is 5.97 Å². The summed E-state index contributed by atoms with van der Waals surface area (Å²) in [6, 6.07) is 0. The molecule has 1 aromatic heterocycles. The lowest BCUT2D eigenvalue weighted by Gasteiger charge is -2.23. The van der Waals surface area contributed by atoms with Gasteiger partial charge >= 0.3 is 5.97 Å². The third kappa shape index (κ3) is 4.69. The minimum Gasteiger partial charge on any atom is -0.464 e. The molecule has 0 spiro atoms. The quantitative estimate of drug-likeness (QED) is 0.526. The van der Waals surface area contributed by atoms with Crippen LogP contribution in [0.3, 0.4) is 0 Å². The lowest BCUT2D eigenvalue weighted by Crippen LogP contribution is -2.40. The van der Waals surface area contributed by atoms with E-state index in [1.165, 1.54) is 19.1 Å². The van der Waals surface area contributed by atoms with Crippen molar-refractivity contribution >= 4 is 17.7 Å². The summed E-state index contributed by atoms with van der Waals surface area (Å²) >= 11 is 0. The van der Waals surface area contributed by atoms with Gasteiger partial charge in [-0.05, 0) is 25.3 Å². The largest absolute Gasteiger partial charge is 0.464 e. The summed E-state index contributed by atoms with van der Waals surface area (Å²) in [5.74, 6) is -0.705. The minimum absolute atomic E-state index is 0.0489. The summed E-state index contributed by atoms with van der Waals surface area (Å²) in [6.07, 6.45) is 0. The highest BCUT2D eigenvalue weighted by molar-refractivity contribution is 6.04. The van der Waals surface area contributed by atoms with Gasteiger partial charge in [-0.3, -0.25) is 9.59 Å². The molecule has 7 nitrogen and oxygen atoms in total. The maximum absolute atomic E-state index is 12.9. The zero-order valence-corrected chi connectivity index (χ0v) is 16.1. The van der Waals surface area contributed by atoms with E-state index in [4.69, 9.17) is 9.47 Å². The zero-order valence-electron chi connectivity index (χ0n) is 16.1. The van der Waals surface area contributed by atoms with Crippen LogP contribution >= 0.6 is 0 Å². The Morgan fingerprint density at radius 3 is 2.24 bits per heavy atom. The van der Waals surface area contributed by atoms with Crippen LogP contribution in [-0.4, -0.2) is 61.0 Å². The number of Topliss-reactive ketones (excluding diaryl/α,β-unsaturated/α-hetero) is 1. The molecule has 0 atom stereocenters. The van der Waals surface area contributed by atoms with Crippen molar-refractivity contribution in [3.8, 4) is 0 Å². The number of hydrogen-bond donors (Lipinski definition) is 0. The van der Waals surface area contributed by atoms with Crippen LogP contribution in [-0.2, 0) is 21.3 Å². The fourth-order valence-corrected chi connectivity index (χ4v) is 2.94. The summed E-state index contributed by atoms with van der Waals surface area (Å²) in [4.78, 5) is 38.5. The van der Waals surface area contributed by atoms with E-state index in [2.05, 4.69) is 0 Å². The van der Waals surface area contributed by atoms with Gasteiger partial charge in [0.2, 0.25) is 5.91 Å². The number of methoxy groups -OCH3 is 2. The number of rotatable bonds is 8. The number of nitrogens with zero attached hydrogens (tertiary/aromatic N) is 2. The molecule has 0 unspecified atom stereocenters. The van der Waals surface area contributed by atoms with Crippen LogP contribution < -0.4 is 0 Å². The summed E-state index contributed by atoms with van der Waals surface area (Å²) in [7, 11) is 4.47. The highest BCUT2D eigenvalue weighted by Gasteiger charge is 2.27. The molecule has 0 aliphatic carbocycles. The second-order valence-corrected chi connectivity index (χ2v) is 6.51. The molecule has 0 fully saturated rings. The summed E-state index contributed by atoms with van der Waals surface area (Å²) in [5.41, 5.74) is 2.05. The Labute approximate surface area is 148 Å². The van der Waals surface area contributed by atoms with Gasteiger partial charge in [-0.25, -0.2) is 4.79 Å². The van der Waals surface area contributed by atoms with Gasteiger partial charge in [0.15, 0.2) is 5.78 Å². The van der Waals surface area contributed by atoms with Gasteiger partial charge in [0.1, 0.15) is 12.3 Å². The molecule has 1 aromatic rings. The molecule has 0 aliphatic heterocycles. The van der Waals surface area contributed by atoms with Crippen molar-refractivity contribution in [2.45, 2.75) is 27.7 Å². The maximum Gasteiger partial charge on any atom is 0.354 e. The van der Waals surface area contributed by atoms with Crippen LogP contribution in [0.25, 0.3) is 0 Å². The summed E-state index contributed by atoms with van der Waals surface area (Å²) in [6.45, 7) is 7.79. The molecule has 1 rings (SSSR count). The van der Waals surface area contributed by atoms with Gasteiger partial charge in [-0.1, -0.05) is 13.8 Å². The van der Waals surface area contributed by atoms with Gasteiger partial charge in [0, 0.05) is 32.0 Å². The fraction of sp³-hybridized carbons (Fsp3) is 0.611. The number of aromatic nitrogens is 1. The third-order valence-electron chi connectivity index (χ3n) is 4.13. The first-order chi connectivity index (χ1) is 11.6. The number of ketones is 1. The Morgan fingerprint density at radius 2 is 1.76 bits per heavy atom. The van der Waals surface area contributed by atoms with Crippen LogP contribution in [0.5, 0.6) is 0 Å². The van der Waals surface area contributed by atoms with E-state index in [0.717, 1.165) is 0 Å². The Hall–Kier alpha value is -2.15. The normalized spacial score (nSPS) is 10.9. The van der Waals surface area contributed by atoms with E-state index in [0.29, 0.717) is 29.1 Å². The van der Waals surface area contributed by atoms with Crippen molar-refractivity contribution in [2.24, 2.45) is 13.0 Å². The van der Waals surface area contributed by atoms with Crippen LogP contribution in [0, 0.1) is 19.8 Å². The molecule has 0 bridgehead atoms. The average molecular weight is 352 g/mol. The van der Waals surface area contributed by atoms with Crippen molar-refractivity contribution < 1.29 is 23.9 Å². The molecular weight excluding hydrogens is 324 g/mol. The topological polar surface area (TPSA) is 77.8 Å². The standard InChI is InChI=1S/C18H28N2O5/c1-11(2)8-20(15(22)10-24-6)9-14(21)16-12(3)17(18(23)25-7)19(5)13(16)4/h11H,8-10H2,1-7H3. The Bertz CT molecular complexity index is 661. The van der Waals surface area contributed by atoms with E-state index in [-0.39, 0.29) is 30.8 Å². The molecule has 0 aromatic carbocycles. The Balaban J connectivity index is 3.17. The highest BCUT2D eigenvalue weighted by Crippen LogP contribution is 2.23. The summed E-state index contributed by atoms with van der Waals surface area (Å²) < 4.78 is 11.4. The number of amides is 1. The van der Waals surface area contributed by atoms with E-state index in [9.17, 15) is 14.4 Å². The first-order valence-electron chi connectivity index (χ1n) is 8.19. The van der Waals surface area contributed by atoms with Crippen molar-refractivity contribution in [3.05, 3.63) is 22.5 Å². The van der Waals surface area contributed by atoms with Gasteiger partial charge in [0.25, 0.3) is 0 Å². The van der Waals surface area contributed by atoms with E-state index in [1.807, 2.05) is 13.8 Å². The van der Waals surface area contributed by atoms with Crippen LogP contribution in [0.1, 0.15) is 46.0 Å². The molecule has 0 radical (unpaired) electrons. The van der Waals surface area contributed by atoms with Crippen LogP contribution in [0.2, 0.25) is 0 Å². The number of carbonyl (C=O) groups excluding carboxylic acids is 3. The molecule has 7 heteroatoms. The number of carbonyl (C=O) groups is 3. The first-order valence-corrected chi connectivity index (χ1v) is 8.19. The van der Waals surface area contributed by atoms with Crippen molar-refractivity contribution in [3.63, 3.8) is 0 Å². The predicted molar refractivity (Wildman–Crippen MR) is 93.9 cm³/mol. The molecule has 0 aliphatic rings. The zero-order chi connectivity index (χ0) is 19.3. The first kappa shape index (κ1) is 20.9. The van der Waals surface area contributed by atoms with Crippen LogP contribution in [0.15, 0.2) is 0 Å². The minimum atomic E-state index is -0.489. The maximum atomic E-state index is 12.9. The molecule has 25 heavy (non-hydrogen) atoms. The van der Waals surface area contributed by atoms with E-state index >= 15 is 0 Å². The lowest BCUT2D eigenvalue weighted by atomic mass is 10.0. The van der Waals surface area contributed by atoms with E-state index in [1.54, 1.807) is 25.5 Å². The molecule has 140 valence electrons. The monoisotopic (exact) mass is 352 g/mol. The van der Waals surface area contributed by atoms with Crippen LogP contribution in [0.4, 0.5) is 0 Å². The van der Waals surface area contributed by atoms with Crippen molar-refractivity contribution in [2.75, 3.05) is 33.9 Å². The smallest absolute Gasteiger partial charge is 0.354 e. The number of esters is 1. The van der Waals surface area contributed by atoms with Crippen molar-refractivity contribution in [1.29, 1.82) is 0 Å². The van der Waals surface area contributed by atoms with Gasteiger partial charge < -0.3 is 18.9 Å². The molecule has 1 heterocycles. The second-order valence-electron chi connectivity index (χ2n) is 6.51. The SMILES string of the molecule is COCC(=O)N(CC(=O)c1c(C)c(C(=O)OC)n(C)c1C)CC(C)C. The molecule has 0 saturated heterocycles. The Morgan fingerprint density at radius 1 is 1.16 bits per heavy atom. The highest BCUT2D eigenvalue weighted by atomic mass is 16.5. The fourth-order valence-electron chi connectivity index (χ4n) is 2.94. The molecule has 1 amide bonds. The van der Waals surface area contributed by atoms with Gasteiger partial charge in [0.05, 0.1) is 13.7 Å². The van der Waals surface area contributed by atoms with Crippen molar-refractivity contribution in [1.82, 2.24) is 9.47 Å². The van der Waals surface area contributed by atoms with Gasteiger partial charge in [-0.2, -0.15) is 0 Å². The molecule has 0 N–H and O–H groups in total. The predicted octanol–water partition coefficient (Wildman–Crippen LogP) is 1.74. The third-order valence-corrected chi connectivity index (χ3v) is 4.13. The molecule has 0 saturated carbocycles. The second kappa shape index (κ2) is 8.80. The Kier molecular flexibility index (Phi) is 7.36. The average Bonchev–Trinajstić information content (AvgIpc) is 2.75. The summed E-state index contributed by atoms with van der Waals surface area (Å²) in [5, 5.41) is 0.